The summed E-state index contributed by atoms with van der Waals surface area (Å²) in [7, 11) is 2.22. The number of piperidine rings is 1. The number of thiophene rings is 1. The quantitative estimate of drug-likeness (QED) is 0.355. The van der Waals surface area contributed by atoms with Gasteiger partial charge in [-0.25, -0.2) is 0 Å². The molecule has 0 spiro atoms. The molecule has 1 aromatic rings. The number of nitrogens with one attached hydrogen (secondary N) is 2. The van der Waals surface area contributed by atoms with Crippen LogP contribution in [0.2, 0.25) is 0 Å². The van der Waals surface area contributed by atoms with Gasteiger partial charge >= 0.3 is 0 Å². The van der Waals surface area contributed by atoms with Crippen LogP contribution in [0.25, 0.3) is 0 Å². The van der Waals surface area contributed by atoms with Crippen molar-refractivity contribution in [1.29, 1.82) is 0 Å². The van der Waals surface area contributed by atoms with Crippen LogP contribution in [0.1, 0.15) is 42.9 Å². The molecule has 0 bridgehead atoms. The zero-order valence-corrected chi connectivity index (χ0v) is 19.3. The molecule has 1 aliphatic rings. The first-order chi connectivity index (χ1) is 11.6. The van der Waals surface area contributed by atoms with Gasteiger partial charge < -0.3 is 15.5 Å². The zero-order chi connectivity index (χ0) is 17.4. The van der Waals surface area contributed by atoms with Crippen LogP contribution in [0.5, 0.6) is 0 Å². The summed E-state index contributed by atoms with van der Waals surface area (Å²) >= 11 is 1.89. The van der Waals surface area contributed by atoms with Crippen molar-refractivity contribution in [3.63, 3.8) is 0 Å². The molecular weight excluding hydrogens is 443 g/mol. The van der Waals surface area contributed by atoms with E-state index in [9.17, 15) is 0 Å². The summed E-state index contributed by atoms with van der Waals surface area (Å²) in [4.78, 5) is 10.1. The van der Waals surface area contributed by atoms with Gasteiger partial charge in [-0.2, -0.15) is 0 Å². The van der Waals surface area contributed by atoms with E-state index in [2.05, 4.69) is 55.5 Å². The SMILES string of the molecule is CCNC(=NCCC1CCN(C)CC1)NC(C)Cc1ccc(C)s1.I. The van der Waals surface area contributed by atoms with Crippen LogP contribution >= 0.6 is 35.3 Å². The first-order valence-corrected chi connectivity index (χ1v) is 10.2. The van der Waals surface area contributed by atoms with Crippen LogP contribution in [0.4, 0.5) is 0 Å². The molecule has 4 nitrogen and oxygen atoms in total. The highest BCUT2D eigenvalue weighted by Gasteiger charge is 2.16. The van der Waals surface area contributed by atoms with E-state index < -0.39 is 0 Å². The number of aliphatic imine (C=N–C) groups is 1. The molecule has 0 aromatic carbocycles. The minimum Gasteiger partial charge on any atom is -0.357 e. The molecular formula is C19H35IN4S. The maximum atomic E-state index is 4.80. The van der Waals surface area contributed by atoms with Crippen LogP contribution < -0.4 is 10.6 Å². The molecule has 25 heavy (non-hydrogen) atoms. The van der Waals surface area contributed by atoms with Crippen molar-refractivity contribution in [1.82, 2.24) is 15.5 Å². The fraction of sp³-hybridized carbons (Fsp3) is 0.737. The van der Waals surface area contributed by atoms with Gasteiger partial charge in [0.15, 0.2) is 5.96 Å². The van der Waals surface area contributed by atoms with Gasteiger partial charge in [-0.1, -0.05) is 0 Å². The number of nitrogens with zero attached hydrogens (tertiary/aromatic N) is 2. The van der Waals surface area contributed by atoms with Crippen LogP contribution in [0.15, 0.2) is 17.1 Å². The average Bonchev–Trinajstić information content (AvgIpc) is 2.94. The normalized spacial score (nSPS) is 17.8. The lowest BCUT2D eigenvalue weighted by atomic mass is 9.94. The lowest BCUT2D eigenvalue weighted by molar-refractivity contribution is 0.214. The predicted octanol–water partition coefficient (Wildman–Crippen LogP) is 3.89. The molecule has 2 N–H and O–H groups in total. The molecule has 2 heterocycles. The summed E-state index contributed by atoms with van der Waals surface area (Å²) in [5.41, 5.74) is 0. The van der Waals surface area contributed by atoms with Gasteiger partial charge in [0.05, 0.1) is 0 Å². The Labute approximate surface area is 174 Å². The molecule has 1 aromatic heterocycles. The number of likely N-dealkylation sites (tertiary alicyclic amines) is 1. The Morgan fingerprint density at radius 2 is 2.08 bits per heavy atom. The van der Waals surface area contributed by atoms with Crippen molar-refractivity contribution in [2.24, 2.45) is 10.9 Å². The van der Waals surface area contributed by atoms with Crippen molar-refractivity contribution in [2.75, 3.05) is 33.2 Å². The molecule has 0 saturated carbocycles. The van der Waals surface area contributed by atoms with Gasteiger partial charge in [0.2, 0.25) is 0 Å². The molecule has 6 heteroatoms. The van der Waals surface area contributed by atoms with E-state index in [0.717, 1.165) is 31.4 Å². The van der Waals surface area contributed by atoms with E-state index in [-0.39, 0.29) is 24.0 Å². The Balaban J connectivity index is 0.00000312. The Kier molecular flexibility index (Phi) is 11.0. The summed E-state index contributed by atoms with van der Waals surface area (Å²) in [5.74, 6) is 1.81. The maximum absolute atomic E-state index is 4.80. The molecule has 0 amide bonds. The largest absolute Gasteiger partial charge is 0.357 e. The topological polar surface area (TPSA) is 39.7 Å². The molecule has 0 aliphatic carbocycles. The van der Waals surface area contributed by atoms with E-state index in [4.69, 9.17) is 4.99 Å². The van der Waals surface area contributed by atoms with Crippen LogP contribution in [-0.4, -0.2) is 50.1 Å². The average molecular weight is 478 g/mol. The molecule has 0 radical (unpaired) electrons. The fourth-order valence-electron chi connectivity index (χ4n) is 3.21. The second-order valence-corrected chi connectivity index (χ2v) is 8.43. The number of hydrogen-bond acceptors (Lipinski definition) is 3. The minimum absolute atomic E-state index is 0. The summed E-state index contributed by atoms with van der Waals surface area (Å²) in [5, 5.41) is 6.94. The number of halogens is 1. The monoisotopic (exact) mass is 478 g/mol. The van der Waals surface area contributed by atoms with E-state index >= 15 is 0 Å². The van der Waals surface area contributed by atoms with Gasteiger partial charge in [0.25, 0.3) is 0 Å². The van der Waals surface area contributed by atoms with Gasteiger partial charge in [0.1, 0.15) is 0 Å². The molecule has 2 rings (SSSR count). The van der Waals surface area contributed by atoms with Crippen LogP contribution in [0, 0.1) is 12.8 Å². The lowest BCUT2D eigenvalue weighted by Gasteiger charge is -2.28. The van der Waals surface area contributed by atoms with Crippen LogP contribution in [-0.2, 0) is 6.42 Å². The molecule has 1 unspecified atom stereocenters. The van der Waals surface area contributed by atoms with Crippen molar-refractivity contribution in [3.8, 4) is 0 Å². The Hall–Kier alpha value is -0.340. The highest BCUT2D eigenvalue weighted by Crippen LogP contribution is 2.19. The summed E-state index contributed by atoms with van der Waals surface area (Å²) < 4.78 is 0. The number of guanidine groups is 1. The van der Waals surface area contributed by atoms with Crippen molar-refractivity contribution >= 4 is 41.3 Å². The third kappa shape index (κ3) is 8.73. The van der Waals surface area contributed by atoms with Crippen LogP contribution in [0.3, 0.4) is 0 Å². The standard InChI is InChI=1S/C19H34N4S.HI/c1-5-20-19(21-11-8-17-9-12-23(4)13-10-17)22-15(2)14-18-7-6-16(3)24-18;/h6-7,15,17H,5,8-14H2,1-4H3,(H2,20,21,22);1H. The van der Waals surface area contributed by atoms with Gasteiger partial charge in [-0.3, -0.25) is 4.99 Å². The second kappa shape index (κ2) is 12.1. The maximum Gasteiger partial charge on any atom is 0.191 e. The van der Waals surface area contributed by atoms with Gasteiger partial charge in [-0.05, 0) is 78.2 Å². The van der Waals surface area contributed by atoms with E-state index in [0.29, 0.717) is 6.04 Å². The van der Waals surface area contributed by atoms with E-state index in [1.165, 1.54) is 42.1 Å². The number of hydrogen-bond donors (Lipinski definition) is 2. The molecule has 1 saturated heterocycles. The third-order valence-electron chi connectivity index (χ3n) is 4.68. The minimum atomic E-state index is 0. The molecule has 144 valence electrons. The molecule has 1 fully saturated rings. The third-order valence-corrected chi connectivity index (χ3v) is 5.70. The summed E-state index contributed by atoms with van der Waals surface area (Å²) in [6.45, 7) is 10.8. The Bertz CT molecular complexity index is 509. The second-order valence-electron chi connectivity index (χ2n) is 7.06. The predicted molar refractivity (Wildman–Crippen MR) is 122 cm³/mol. The summed E-state index contributed by atoms with van der Waals surface area (Å²) in [6.07, 6.45) is 4.91. The molecule has 1 aliphatic heterocycles. The first-order valence-electron chi connectivity index (χ1n) is 9.35. The number of rotatable bonds is 7. The van der Waals surface area contributed by atoms with E-state index in [1.807, 2.05) is 11.3 Å². The Morgan fingerprint density at radius 1 is 1.36 bits per heavy atom. The van der Waals surface area contributed by atoms with Gasteiger partial charge in [0, 0.05) is 35.3 Å². The zero-order valence-electron chi connectivity index (χ0n) is 16.2. The Morgan fingerprint density at radius 3 is 2.68 bits per heavy atom. The first kappa shape index (κ1) is 22.7. The highest BCUT2D eigenvalue weighted by molar-refractivity contribution is 14.0. The van der Waals surface area contributed by atoms with Crippen molar-refractivity contribution in [3.05, 3.63) is 21.9 Å². The number of aryl methyl sites for hydroxylation is 1. The molecule has 1 atom stereocenters. The lowest BCUT2D eigenvalue weighted by Crippen LogP contribution is -2.43. The van der Waals surface area contributed by atoms with E-state index in [1.54, 1.807) is 0 Å². The van der Waals surface area contributed by atoms with Crippen molar-refractivity contribution in [2.45, 2.75) is 52.5 Å². The fourth-order valence-corrected chi connectivity index (χ4v) is 4.23. The highest BCUT2D eigenvalue weighted by atomic mass is 127. The smallest absolute Gasteiger partial charge is 0.191 e. The summed E-state index contributed by atoms with van der Waals surface area (Å²) in [6, 6.07) is 4.83. The van der Waals surface area contributed by atoms with Gasteiger partial charge in [-0.15, -0.1) is 35.3 Å². The van der Waals surface area contributed by atoms with Crippen molar-refractivity contribution < 1.29 is 0 Å².